The van der Waals surface area contributed by atoms with E-state index < -0.39 is 0 Å². The largest absolute Gasteiger partial charge is 0.312 e. The summed E-state index contributed by atoms with van der Waals surface area (Å²) >= 11 is 9.71. The number of aryl methyl sites for hydroxylation is 1. The van der Waals surface area contributed by atoms with Gasteiger partial charge in [0, 0.05) is 16.3 Å². The molecule has 1 N–H and O–H groups in total. The van der Waals surface area contributed by atoms with Crippen LogP contribution in [0.15, 0.2) is 29.2 Å². The first-order valence-corrected chi connectivity index (χ1v) is 8.92. The maximum absolute atomic E-state index is 6.16. The highest BCUT2D eigenvalue weighted by Gasteiger charge is 2.08. The van der Waals surface area contributed by atoms with Gasteiger partial charge in [0.2, 0.25) is 0 Å². The third-order valence-corrected chi connectivity index (χ3v) is 5.70. The molecule has 0 radical (unpaired) electrons. The second kappa shape index (κ2) is 8.03. The molecule has 0 aliphatic rings. The Labute approximate surface area is 134 Å². The van der Waals surface area contributed by atoms with Crippen LogP contribution in [0.25, 0.3) is 0 Å². The summed E-state index contributed by atoms with van der Waals surface area (Å²) in [7, 11) is 0. The Kier molecular flexibility index (Phi) is 6.36. The van der Waals surface area contributed by atoms with Crippen LogP contribution in [0.3, 0.4) is 0 Å². The predicted octanol–water partition coefficient (Wildman–Crippen LogP) is 4.90. The summed E-state index contributed by atoms with van der Waals surface area (Å²) in [4.78, 5) is 7.11. The summed E-state index contributed by atoms with van der Waals surface area (Å²) in [6.07, 6.45) is 1.16. The van der Waals surface area contributed by atoms with Crippen molar-refractivity contribution < 1.29 is 0 Å². The topological polar surface area (TPSA) is 24.9 Å². The van der Waals surface area contributed by atoms with Gasteiger partial charge in [0.25, 0.3) is 0 Å². The number of hydrogen-bond donors (Lipinski definition) is 1. The van der Waals surface area contributed by atoms with Crippen molar-refractivity contribution in [1.82, 2.24) is 10.3 Å². The lowest BCUT2D eigenvalue weighted by Gasteiger charge is -2.01. The van der Waals surface area contributed by atoms with E-state index in [-0.39, 0.29) is 0 Å². The smallest absolute Gasteiger partial charge is 0.103 e. The van der Waals surface area contributed by atoms with Gasteiger partial charge in [-0.25, -0.2) is 4.98 Å². The normalized spacial score (nSPS) is 10.9. The summed E-state index contributed by atoms with van der Waals surface area (Å²) in [5.74, 6) is 0.878. The predicted molar refractivity (Wildman–Crippen MR) is 89.9 cm³/mol. The maximum atomic E-state index is 6.16. The van der Waals surface area contributed by atoms with Gasteiger partial charge in [-0.05, 0) is 32.0 Å². The van der Waals surface area contributed by atoms with E-state index in [4.69, 9.17) is 11.6 Å². The van der Waals surface area contributed by atoms with Crippen LogP contribution in [-0.4, -0.2) is 11.5 Å². The van der Waals surface area contributed by atoms with Gasteiger partial charge in [0.15, 0.2) is 0 Å². The average Bonchev–Trinajstić information content (AvgIpc) is 2.79. The number of halogens is 1. The summed E-state index contributed by atoms with van der Waals surface area (Å²) in [6, 6.07) is 7.95. The van der Waals surface area contributed by atoms with Crippen molar-refractivity contribution >= 4 is 34.7 Å². The molecule has 2 nitrogen and oxygen atoms in total. The quantitative estimate of drug-likeness (QED) is 0.579. The highest BCUT2D eigenvalue weighted by atomic mass is 35.5. The number of benzene rings is 1. The molecule has 0 fully saturated rings. The molecule has 2 aromatic rings. The number of nitrogens with zero attached hydrogens (tertiary/aromatic N) is 1. The Bertz CT molecular complexity index is 555. The second-order valence-corrected chi connectivity index (χ2v) is 7.10. The van der Waals surface area contributed by atoms with E-state index in [2.05, 4.69) is 30.2 Å². The van der Waals surface area contributed by atoms with E-state index in [9.17, 15) is 0 Å². The third-order valence-electron chi connectivity index (χ3n) is 2.84. The Morgan fingerprint density at radius 1 is 1.35 bits per heavy atom. The van der Waals surface area contributed by atoms with Gasteiger partial charge < -0.3 is 5.32 Å². The molecule has 0 aliphatic heterocycles. The lowest BCUT2D eigenvalue weighted by atomic mass is 10.4. The molecule has 0 atom stereocenters. The van der Waals surface area contributed by atoms with Crippen LogP contribution in [0.1, 0.15) is 28.9 Å². The summed E-state index contributed by atoms with van der Waals surface area (Å²) in [5.41, 5.74) is 1.15. The summed E-state index contributed by atoms with van der Waals surface area (Å²) in [6.45, 7) is 6.25. The van der Waals surface area contributed by atoms with E-state index in [0.29, 0.717) is 0 Å². The van der Waals surface area contributed by atoms with Crippen LogP contribution in [-0.2, 0) is 12.3 Å². The van der Waals surface area contributed by atoms with Crippen LogP contribution < -0.4 is 5.32 Å². The Morgan fingerprint density at radius 3 is 2.90 bits per heavy atom. The van der Waals surface area contributed by atoms with Crippen molar-refractivity contribution in [3.8, 4) is 0 Å². The molecule has 5 heteroatoms. The zero-order valence-corrected chi connectivity index (χ0v) is 14.2. The van der Waals surface area contributed by atoms with Crippen LogP contribution in [0.4, 0.5) is 0 Å². The van der Waals surface area contributed by atoms with Crippen molar-refractivity contribution in [3.05, 3.63) is 44.9 Å². The second-order valence-electron chi connectivity index (χ2n) is 4.51. The zero-order valence-electron chi connectivity index (χ0n) is 11.8. The molecule has 1 aromatic carbocycles. The minimum Gasteiger partial charge on any atom is -0.312 e. The number of nitrogens with one attached hydrogen (secondary N) is 1. The molecule has 0 aliphatic carbocycles. The number of rotatable bonds is 7. The van der Waals surface area contributed by atoms with Gasteiger partial charge in [0.1, 0.15) is 5.01 Å². The lowest BCUT2D eigenvalue weighted by molar-refractivity contribution is 0.678. The van der Waals surface area contributed by atoms with E-state index in [1.54, 1.807) is 23.1 Å². The van der Waals surface area contributed by atoms with Crippen molar-refractivity contribution in [2.45, 2.75) is 37.5 Å². The molecule has 0 unspecified atom stereocenters. The number of hydrogen-bond acceptors (Lipinski definition) is 4. The first-order valence-electron chi connectivity index (χ1n) is 6.74. The molecule has 0 bridgehead atoms. The molecule has 0 saturated heterocycles. The van der Waals surface area contributed by atoms with Crippen LogP contribution in [0.5, 0.6) is 0 Å². The Hall–Kier alpha value is -0.550. The van der Waals surface area contributed by atoms with E-state index in [0.717, 1.165) is 40.9 Å². The lowest BCUT2D eigenvalue weighted by Crippen LogP contribution is -2.13. The SMILES string of the molecule is CCCNCc1sc(CSc2ccccc2Cl)nc1C. The van der Waals surface area contributed by atoms with Crippen LogP contribution in [0.2, 0.25) is 5.02 Å². The summed E-state index contributed by atoms with van der Waals surface area (Å²) in [5, 5.41) is 5.41. The fourth-order valence-corrected chi connectivity index (χ4v) is 4.06. The van der Waals surface area contributed by atoms with Gasteiger partial charge in [-0.15, -0.1) is 23.1 Å². The first-order chi connectivity index (χ1) is 9.70. The van der Waals surface area contributed by atoms with Crippen molar-refractivity contribution in [2.75, 3.05) is 6.54 Å². The molecule has 0 amide bonds. The highest BCUT2D eigenvalue weighted by Crippen LogP contribution is 2.31. The average molecular weight is 327 g/mol. The maximum Gasteiger partial charge on any atom is 0.103 e. The monoisotopic (exact) mass is 326 g/mol. The number of thioether (sulfide) groups is 1. The van der Waals surface area contributed by atoms with Crippen LogP contribution >= 0.6 is 34.7 Å². The van der Waals surface area contributed by atoms with Gasteiger partial charge in [-0.3, -0.25) is 0 Å². The number of thiazole rings is 1. The molecular weight excluding hydrogens is 308 g/mol. The highest BCUT2D eigenvalue weighted by molar-refractivity contribution is 7.98. The standard InChI is InChI=1S/C15H19ClN2S2/c1-3-8-17-9-14-11(2)18-15(20-14)10-19-13-7-5-4-6-12(13)16/h4-7,17H,3,8-10H2,1-2H3. The Balaban J connectivity index is 1.93. The van der Waals surface area contributed by atoms with Crippen LogP contribution in [0, 0.1) is 6.92 Å². The van der Waals surface area contributed by atoms with Crippen molar-refractivity contribution in [2.24, 2.45) is 0 Å². The zero-order chi connectivity index (χ0) is 14.4. The molecule has 20 heavy (non-hydrogen) atoms. The molecule has 1 heterocycles. The van der Waals surface area contributed by atoms with E-state index in [1.165, 1.54) is 9.88 Å². The number of aromatic nitrogens is 1. The van der Waals surface area contributed by atoms with Gasteiger partial charge >= 0.3 is 0 Å². The fraction of sp³-hybridized carbons (Fsp3) is 0.400. The minimum atomic E-state index is 0.815. The van der Waals surface area contributed by atoms with Crippen molar-refractivity contribution in [1.29, 1.82) is 0 Å². The molecule has 0 saturated carbocycles. The third kappa shape index (κ3) is 4.48. The molecule has 2 rings (SSSR count). The van der Waals surface area contributed by atoms with Crippen molar-refractivity contribution in [3.63, 3.8) is 0 Å². The van der Waals surface area contributed by atoms with E-state index in [1.807, 2.05) is 18.2 Å². The molecule has 108 valence electrons. The van der Waals surface area contributed by atoms with E-state index >= 15 is 0 Å². The molecular formula is C15H19ClN2S2. The Morgan fingerprint density at radius 2 is 2.15 bits per heavy atom. The first kappa shape index (κ1) is 15.8. The summed E-state index contributed by atoms with van der Waals surface area (Å²) < 4.78 is 0. The fourth-order valence-electron chi connectivity index (χ4n) is 1.79. The molecule has 0 spiro atoms. The van der Waals surface area contributed by atoms with Gasteiger partial charge in [-0.2, -0.15) is 0 Å². The van der Waals surface area contributed by atoms with Gasteiger partial charge in [-0.1, -0.05) is 30.7 Å². The minimum absolute atomic E-state index is 0.815. The molecule has 1 aromatic heterocycles. The van der Waals surface area contributed by atoms with Gasteiger partial charge in [0.05, 0.1) is 16.5 Å².